The van der Waals surface area contributed by atoms with Gasteiger partial charge in [-0.1, -0.05) is 0 Å². The molecule has 0 aromatic carbocycles. The Labute approximate surface area is 67.0 Å². The maximum Gasteiger partial charge on any atom is 0.111 e. The largest absolute Gasteiger partial charge is 0.313 e. The first-order valence-corrected chi connectivity index (χ1v) is 4.28. The highest BCUT2D eigenvalue weighted by molar-refractivity contribution is 5.01. The molecule has 1 heterocycles. The molecule has 60 valence electrons. The summed E-state index contributed by atoms with van der Waals surface area (Å²) in [6.07, 6.45) is 2.61. The molecule has 0 spiro atoms. The third-order valence-electron chi connectivity index (χ3n) is 2.45. The van der Waals surface area contributed by atoms with Gasteiger partial charge in [0.25, 0.3) is 0 Å². The first-order chi connectivity index (χ1) is 5.42. The van der Waals surface area contributed by atoms with Crippen molar-refractivity contribution in [2.45, 2.75) is 24.9 Å². The summed E-state index contributed by atoms with van der Waals surface area (Å²) in [5.74, 6) is 0. The van der Waals surface area contributed by atoms with Gasteiger partial charge in [-0.15, -0.1) is 0 Å². The number of hydrogen-bond acceptors (Lipinski definition) is 3. The fourth-order valence-electron chi connectivity index (χ4n) is 1.68. The van der Waals surface area contributed by atoms with Crippen molar-refractivity contribution in [3.8, 4) is 6.07 Å². The first kappa shape index (κ1) is 7.08. The minimum absolute atomic E-state index is 0.135. The summed E-state index contributed by atoms with van der Waals surface area (Å²) in [4.78, 5) is 2.34. The molecule has 1 atom stereocenters. The fourth-order valence-corrected chi connectivity index (χ4v) is 1.68. The molecule has 1 saturated carbocycles. The van der Waals surface area contributed by atoms with Crippen molar-refractivity contribution >= 4 is 0 Å². The molecule has 0 amide bonds. The minimum Gasteiger partial charge on any atom is -0.313 e. The van der Waals surface area contributed by atoms with Crippen molar-refractivity contribution < 1.29 is 0 Å². The van der Waals surface area contributed by atoms with Crippen LogP contribution in [0.5, 0.6) is 0 Å². The molecule has 1 aliphatic carbocycles. The van der Waals surface area contributed by atoms with Gasteiger partial charge in [-0.2, -0.15) is 5.26 Å². The van der Waals surface area contributed by atoms with E-state index in [0.717, 1.165) is 25.7 Å². The lowest BCUT2D eigenvalue weighted by Gasteiger charge is -2.31. The van der Waals surface area contributed by atoms with Crippen molar-refractivity contribution in [1.82, 2.24) is 10.2 Å². The lowest BCUT2D eigenvalue weighted by Crippen LogP contribution is -2.51. The van der Waals surface area contributed by atoms with Crippen LogP contribution in [0, 0.1) is 11.3 Å². The Bertz CT molecular complexity index is 180. The van der Waals surface area contributed by atoms with Gasteiger partial charge in [-0.3, -0.25) is 4.90 Å². The summed E-state index contributed by atoms with van der Waals surface area (Å²) < 4.78 is 0. The third kappa shape index (κ3) is 1.37. The number of nitriles is 1. The van der Waals surface area contributed by atoms with Crippen LogP contribution in [-0.4, -0.2) is 36.6 Å². The topological polar surface area (TPSA) is 39.1 Å². The zero-order valence-corrected chi connectivity index (χ0v) is 6.58. The van der Waals surface area contributed by atoms with E-state index >= 15 is 0 Å². The molecule has 0 bridgehead atoms. The van der Waals surface area contributed by atoms with Crippen LogP contribution >= 0.6 is 0 Å². The normalized spacial score (nSPS) is 33.2. The van der Waals surface area contributed by atoms with Crippen molar-refractivity contribution in [3.63, 3.8) is 0 Å². The molecule has 3 nitrogen and oxygen atoms in total. The Hall–Kier alpha value is -0.590. The van der Waals surface area contributed by atoms with E-state index in [1.54, 1.807) is 0 Å². The molecule has 0 radical (unpaired) electrons. The van der Waals surface area contributed by atoms with E-state index < -0.39 is 0 Å². The molecule has 2 aliphatic rings. The maximum absolute atomic E-state index is 8.81. The molecule has 3 heteroatoms. The lowest BCUT2D eigenvalue weighted by atomic mass is 10.2. The van der Waals surface area contributed by atoms with Crippen LogP contribution in [0.4, 0.5) is 0 Å². The van der Waals surface area contributed by atoms with E-state index in [4.69, 9.17) is 5.26 Å². The predicted molar refractivity (Wildman–Crippen MR) is 42.0 cm³/mol. The number of hydrogen-bond donors (Lipinski definition) is 1. The molecule has 1 saturated heterocycles. The lowest BCUT2D eigenvalue weighted by molar-refractivity contribution is 0.188. The van der Waals surface area contributed by atoms with Gasteiger partial charge < -0.3 is 5.32 Å². The van der Waals surface area contributed by atoms with E-state index in [0.29, 0.717) is 0 Å². The van der Waals surface area contributed by atoms with E-state index in [9.17, 15) is 0 Å². The SMILES string of the molecule is N#C[C@H]1CNCCN1C1CC1. The molecule has 2 rings (SSSR count). The Morgan fingerprint density at radius 1 is 1.45 bits per heavy atom. The van der Waals surface area contributed by atoms with Crippen LogP contribution in [-0.2, 0) is 0 Å². The molecular weight excluding hydrogens is 138 g/mol. The zero-order valence-electron chi connectivity index (χ0n) is 6.58. The van der Waals surface area contributed by atoms with Crippen molar-refractivity contribution in [2.75, 3.05) is 19.6 Å². The summed E-state index contributed by atoms with van der Waals surface area (Å²) >= 11 is 0. The highest BCUT2D eigenvalue weighted by atomic mass is 15.3. The Balaban J connectivity index is 1.97. The Kier molecular flexibility index (Phi) is 1.80. The highest BCUT2D eigenvalue weighted by Gasteiger charge is 2.34. The average Bonchev–Trinajstić information content (AvgIpc) is 2.87. The number of nitrogens with zero attached hydrogens (tertiary/aromatic N) is 2. The molecule has 0 aromatic rings. The van der Waals surface area contributed by atoms with Crippen LogP contribution < -0.4 is 5.32 Å². The van der Waals surface area contributed by atoms with Gasteiger partial charge in [0.15, 0.2) is 0 Å². The van der Waals surface area contributed by atoms with E-state index in [1.165, 1.54) is 12.8 Å². The maximum atomic E-state index is 8.81. The first-order valence-electron chi connectivity index (χ1n) is 4.28. The van der Waals surface area contributed by atoms with Crippen LogP contribution in [0.15, 0.2) is 0 Å². The van der Waals surface area contributed by atoms with Crippen molar-refractivity contribution in [1.29, 1.82) is 5.26 Å². The Morgan fingerprint density at radius 3 is 2.91 bits per heavy atom. The molecule has 1 N–H and O–H groups in total. The monoisotopic (exact) mass is 151 g/mol. The third-order valence-corrected chi connectivity index (χ3v) is 2.45. The van der Waals surface area contributed by atoms with Gasteiger partial charge >= 0.3 is 0 Å². The quantitative estimate of drug-likeness (QED) is 0.571. The number of nitrogens with one attached hydrogen (secondary N) is 1. The van der Waals surface area contributed by atoms with Gasteiger partial charge in [-0.05, 0) is 12.8 Å². The second-order valence-corrected chi connectivity index (χ2v) is 3.32. The standard InChI is InChI=1S/C8H13N3/c9-5-8-6-10-3-4-11(8)7-1-2-7/h7-8,10H,1-4,6H2/t8-/m0/s1. The summed E-state index contributed by atoms with van der Waals surface area (Å²) in [7, 11) is 0. The molecular formula is C8H13N3. The van der Waals surface area contributed by atoms with Crippen LogP contribution in [0.2, 0.25) is 0 Å². The second-order valence-electron chi connectivity index (χ2n) is 3.32. The summed E-state index contributed by atoms with van der Waals surface area (Å²) in [6, 6.07) is 3.21. The molecule has 2 fully saturated rings. The van der Waals surface area contributed by atoms with Gasteiger partial charge in [0.2, 0.25) is 0 Å². The molecule has 1 aliphatic heterocycles. The van der Waals surface area contributed by atoms with Gasteiger partial charge in [-0.25, -0.2) is 0 Å². The van der Waals surface area contributed by atoms with E-state index in [1.807, 2.05) is 0 Å². The van der Waals surface area contributed by atoms with Gasteiger partial charge in [0.05, 0.1) is 6.07 Å². The summed E-state index contributed by atoms with van der Waals surface area (Å²) in [6.45, 7) is 2.96. The van der Waals surface area contributed by atoms with Crippen molar-refractivity contribution in [2.24, 2.45) is 0 Å². The minimum atomic E-state index is 0.135. The number of piperazine rings is 1. The number of rotatable bonds is 1. The molecule has 0 unspecified atom stereocenters. The summed E-state index contributed by atoms with van der Waals surface area (Å²) in [5.41, 5.74) is 0. The van der Waals surface area contributed by atoms with E-state index in [-0.39, 0.29) is 6.04 Å². The molecule has 11 heavy (non-hydrogen) atoms. The van der Waals surface area contributed by atoms with Crippen molar-refractivity contribution in [3.05, 3.63) is 0 Å². The molecule has 0 aromatic heterocycles. The second kappa shape index (κ2) is 2.80. The van der Waals surface area contributed by atoms with Crippen LogP contribution in [0.3, 0.4) is 0 Å². The highest BCUT2D eigenvalue weighted by Crippen LogP contribution is 2.28. The Morgan fingerprint density at radius 2 is 2.27 bits per heavy atom. The fraction of sp³-hybridized carbons (Fsp3) is 0.875. The van der Waals surface area contributed by atoms with Gasteiger partial charge in [0.1, 0.15) is 6.04 Å². The predicted octanol–water partition coefficient (Wildman–Crippen LogP) is -0.0538. The van der Waals surface area contributed by atoms with Crippen LogP contribution in [0.25, 0.3) is 0 Å². The van der Waals surface area contributed by atoms with Gasteiger partial charge in [0, 0.05) is 25.7 Å². The average molecular weight is 151 g/mol. The summed E-state index contributed by atoms with van der Waals surface area (Å²) in [5, 5.41) is 12.0. The van der Waals surface area contributed by atoms with E-state index in [2.05, 4.69) is 16.3 Å². The zero-order chi connectivity index (χ0) is 7.68. The smallest absolute Gasteiger partial charge is 0.111 e. The van der Waals surface area contributed by atoms with Crippen LogP contribution in [0.1, 0.15) is 12.8 Å².